The van der Waals surface area contributed by atoms with Crippen LogP contribution in [0, 0.1) is 0 Å². The van der Waals surface area contributed by atoms with Crippen molar-refractivity contribution in [3.8, 4) is 0 Å². The summed E-state index contributed by atoms with van der Waals surface area (Å²) in [6.45, 7) is 3.58. The Morgan fingerprint density at radius 2 is 1.24 bits per heavy atom. The van der Waals surface area contributed by atoms with Gasteiger partial charge in [0.25, 0.3) is 0 Å². The minimum Gasteiger partial charge on any atom is -0.439 e. The molecular weight excluding hydrogens is 462 g/mol. The zero-order valence-corrected chi connectivity index (χ0v) is 20.8. The molecule has 2 fully saturated rings. The molecule has 7 nitrogen and oxygen atoms in total. The SMILES string of the molecule is c1ccc(N(Cc2ccc3oc(C4CCCN4)nc3c2)Cc2ccc3oc([C@@H]4CCCN4)nc3c2)cc1. The maximum absolute atomic E-state index is 6.06. The number of aromatic nitrogens is 2. The van der Waals surface area contributed by atoms with Gasteiger partial charge in [-0.2, -0.15) is 0 Å². The molecule has 2 N–H and O–H groups in total. The molecular formula is C30H31N5O2. The van der Waals surface area contributed by atoms with Crippen LogP contribution in [0.1, 0.15) is 60.7 Å². The Morgan fingerprint density at radius 3 is 1.73 bits per heavy atom. The molecule has 2 aliphatic rings. The highest BCUT2D eigenvalue weighted by molar-refractivity contribution is 5.74. The van der Waals surface area contributed by atoms with Crippen molar-refractivity contribution in [3.05, 3.63) is 89.6 Å². The Morgan fingerprint density at radius 1 is 0.703 bits per heavy atom. The molecule has 5 aromatic rings. The maximum atomic E-state index is 6.06. The van der Waals surface area contributed by atoms with E-state index in [9.17, 15) is 0 Å². The second kappa shape index (κ2) is 9.65. The van der Waals surface area contributed by atoms with Gasteiger partial charge >= 0.3 is 0 Å². The summed E-state index contributed by atoms with van der Waals surface area (Å²) in [7, 11) is 0. The van der Waals surface area contributed by atoms with Crippen molar-refractivity contribution in [2.24, 2.45) is 0 Å². The van der Waals surface area contributed by atoms with Crippen LogP contribution in [-0.2, 0) is 13.1 Å². The smallest absolute Gasteiger partial charge is 0.212 e. The molecule has 7 heteroatoms. The summed E-state index contributed by atoms with van der Waals surface area (Å²) in [5.74, 6) is 1.61. The standard InChI is InChI=1S/C30H31N5O2/c1-2-6-22(7-3-1)35(18-20-10-12-27-25(16-20)33-29(36-27)23-8-4-14-31-23)19-21-11-13-28-26(17-21)34-30(37-28)24-9-5-15-32-24/h1-3,6-7,10-13,16-17,23-24,31-32H,4-5,8-9,14-15,18-19H2/t23-,24?/m0/s1. The van der Waals surface area contributed by atoms with Crippen molar-refractivity contribution in [2.45, 2.75) is 50.9 Å². The van der Waals surface area contributed by atoms with Gasteiger partial charge in [0, 0.05) is 18.8 Å². The third kappa shape index (κ3) is 4.61. The van der Waals surface area contributed by atoms with E-state index in [0.29, 0.717) is 0 Å². The monoisotopic (exact) mass is 493 g/mol. The number of benzene rings is 3. The average molecular weight is 494 g/mol. The number of nitrogens with zero attached hydrogens (tertiary/aromatic N) is 3. The van der Waals surface area contributed by atoms with Crippen molar-refractivity contribution in [2.75, 3.05) is 18.0 Å². The van der Waals surface area contributed by atoms with Crippen LogP contribution >= 0.6 is 0 Å². The Hall–Kier alpha value is -3.68. The van der Waals surface area contributed by atoms with Gasteiger partial charge in [-0.25, -0.2) is 9.97 Å². The highest BCUT2D eigenvalue weighted by atomic mass is 16.4. The average Bonchev–Trinajstić information content (AvgIpc) is 3.74. The molecule has 1 unspecified atom stereocenters. The lowest BCUT2D eigenvalue weighted by molar-refractivity contribution is 0.451. The molecule has 7 rings (SSSR count). The third-order valence-corrected chi connectivity index (χ3v) is 7.52. The first-order chi connectivity index (χ1) is 18.3. The van der Waals surface area contributed by atoms with Crippen molar-refractivity contribution in [1.82, 2.24) is 20.6 Å². The quantitative estimate of drug-likeness (QED) is 0.287. The first-order valence-corrected chi connectivity index (χ1v) is 13.3. The van der Waals surface area contributed by atoms with Gasteiger partial charge in [-0.1, -0.05) is 30.3 Å². The van der Waals surface area contributed by atoms with Crippen molar-refractivity contribution >= 4 is 27.9 Å². The Kier molecular flexibility index (Phi) is 5.87. The van der Waals surface area contributed by atoms with E-state index in [-0.39, 0.29) is 12.1 Å². The number of rotatable bonds is 7. The second-order valence-electron chi connectivity index (χ2n) is 10.2. The molecule has 188 valence electrons. The largest absolute Gasteiger partial charge is 0.439 e. The van der Waals surface area contributed by atoms with Crippen molar-refractivity contribution < 1.29 is 8.83 Å². The van der Waals surface area contributed by atoms with E-state index < -0.39 is 0 Å². The summed E-state index contributed by atoms with van der Waals surface area (Å²) in [6, 6.07) is 23.8. The predicted molar refractivity (Wildman–Crippen MR) is 144 cm³/mol. The number of fused-ring (bicyclic) bond motifs is 2. The molecule has 0 saturated carbocycles. The van der Waals surface area contributed by atoms with Gasteiger partial charge in [0.15, 0.2) is 11.2 Å². The van der Waals surface area contributed by atoms with Crippen molar-refractivity contribution in [3.63, 3.8) is 0 Å². The number of nitrogens with one attached hydrogen (secondary N) is 2. The highest BCUT2D eigenvalue weighted by Gasteiger charge is 2.23. The van der Waals surface area contributed by atoms with Crippen LogP contribution in [0.5, 0.6) is 0 Å². The van der Waals surface area contributed by atoms with Gasteiger partial charge in [0.1, 0.15) is 11.0 Å². The van der Waals surface area contributed by atoms with E-state index in [4.69, 9.17) is 18.8 Å². The van der Waals surface area contributed by atoms with E-state index >= 15 is 0 Å². The fraction of sp³-hybridized carbons (Fsp3) is 0.333. The van der Waals surface area contributed by atoms with Crippen LogP contribution in [0.25, 0.3) is 22.2 Å². The van der Waals surface area contributed by atoms with E-state index in [1.54, 1.807) is 0 Å². The van der Waals surface area contributed by atoms with Gasteiger partial charge in [-0.05, 0) is 86.3 Å². The summed E-state index contributed by atoms with van der Waals surface area (Å²) in [4.78, 5) is 12.0. The molecule has 3 aromatic carbocycles. The topological polar surface area (TPSA) is 79.4 Å². The molecule has 37 heavy (non-hydrogen) atoms. The molecule has 4 heterocycles. The van der Waals surface area contributed by atoms with E-state index in [2.05, 4.69) is 82.3 Å². The predicted octanol–water partition coefficient (Wildman–Crippen LogP) is 6.02. The molecule has 0 aliphatic carbocycles. The molecule has 0 amide bonds. The Bertz CT molecular complexity index is 1420. The van der Waals surface area contributed by atoms with Crippen LogP contribution in [0.2, 0.25) is 0 Å². The molecule has 2 aliphatic heterocycles. The minimum absolute atomic E-state index is 0.230. The molecule has 2 saturated heterocycles. The summed E-state index contributed by atoms with van der Waals surface area (Å²) in [5.41, 5.74) is 7.12. The Labute approximate surface area is 215 Å². The summed E-state index contributed by atoms with van der Waals surface area (Å²) < 4.78 is 12.1. The van der Waals surface area contributed by atoms with Gasteiger partial charge in [0.2, 0.25) is 11.8 Å². The summed E-state index contributed by atoms with van der Waals surface area (Å²) in [6.07, 6.45) is 4.49. The van der Waals surface area contributed by atoms with Gasteiger partial charge in [0.05, 0.1) is 12.1 Å². The fourth-order valence-electron chi connectivity index (χ4n) is 5.59. The zero-order valence-electron chi connectivity index (χ0n) is 20.8. The van der Waals surface area contributed by atoms with Gasteiger partial charge in [-0.15, -0.1) is 0 Å². The zero-order chi connectivity index (χ0) is 24.6. The van der Waals surface area contributed by atoms with Gasteiger partial charge in [-0.3, -0.25) is 0 Å². The first-order valence-electron chi connectivity index (χ1n) is 13.3. The molecule has 0 spiro atoms. The van der Waals surface area contributed by atoms with Crippen LogP contribution in [-0.4, -0.2) is 23.1 Å². The lowest BCUT2D eigenvalue weighted by Gasteiger charge is -2.25. The summed E-state index contributed by atoms with van der Waals surface area (Å²) >= 11 is 0. The lowest BCUT2D eigenvalue weighted by Crippen LogP contribution is -2.22. The number of hydrogen-bond acceptors (Lipinski definition) is 7. The van der Waals surface area contributed by atoms with E-state index in [1.165, 1.54) is 29.7 Å². The van der Waals surface area contributed by atoms with Gasteiger partial charge < -0.3 is 24.4 Å². The number of hydrogen-bond donors (Lipinski definition) is 2. The fourth-order valence-corrected chi connectivity index (χ4v) is 5.59. The molecule has 0 bridgehead atoms. The minimum atomic E-state index is 0.230. The molecule has 0 radical (unpaired) electrons. The van der Waals surface area contributed by atoms with Crippen LogP contribution in [0.15, 0.2) is 75.6 Å². The molecule has 2 atom stereocenters. The molecule has 2 aromatic heterocycles. The van der Waals surface area contributed by atoms with Crippen molar-refractivity contribution in [1.29, 1.82) is 0 Å². The maximum Gasteiger partial charge on any atom is 0.212 e. The first kappa shape index (κ1) is 22.5. The van der Waals surface area contributed by atoms with E-state index in [1.807, 2.05) is 0 Å². The van der Waals surface area contributed by atoms with Crippen LogP contribution in [0.4, 0.5) is 5.69 Å². The number of anilines is 1. The third-order valence-electron chi connectivity index (χ3n) is 7.52. The lowest BCUT2D eigenvalue weighted by atomic mass is 10.1. The second-order valence-corrected chi connectivity index (χ2v) is 10.2. The Balaban J connectivity index is 1.16. The summed E-state index contributed by atoms with van der Waals surface area (Å²) in [5, 5.41) is 6.96. The highest BCUT2D eigenvalue weighted by Crippen LogP contribution is 2.29. The van der Waals surface area contributed by atoms with Crippen LogP contribution in [0.3, 0.4) is 0 Å². The normalized spacial score (nSPS) is 19.8. The van der Waals surface area contributed by atoms with Crippen LogP contribution < -0.4 is 15.5 Å². The van der Waals surface area contributed by atoms with E-state index in [0.717, 1.165) is 73.0 Å². The number of oxazole rings is 2. The number of para-hydroxylation sites is 1.